The smallest absolute Gasteiger partial charge is 0.231 e. The Kier molecular flexibility index (Phi) is 4.18. The summed E-state index contributed by atoms with van der Waals surface area (Å²) in [5.74, 6) is 1.35. The van der Waals surface area contributed by atoms with Crippen LogP contribution in [0.25, 0.3) is 0 Å². The van der Waals surface area contributed by atoms with Gasteiger partial charge in [-0.05, 0) is 17.7 Å². The maximum atomic E-state index is 11.8. The van der Waals surface area contributed by atoms with Crippen molar-refractivity contribution in [1.82, 2.24) is 5.32 Å². The average Bonchev–Trinajstić information content (AvgIpc) is 2.91. The minimum Gasteiger partial charge on any atom is -0.454 e. The standard InChI is InChI=1S/C15H22N2O3/c1-10(7-16)14(18)17-8-15(2,3)11-4-5-12-13(6-11)20-9-19-12/h4-6,10H,7-9,16H2,1-3H3,(H,17,18). The van der Waals surface area contributed by atoms with E-state index in [1.807, 2.05) is 25.1 Å². The summed E-state index contributed by atoms with van der Waals surface area (Å²) in [5.41, 5.74) is 6.40. The van der Waals surface area contributed by atoms with Gasteiger partial charge in [-0.25, -0.2) is 0 Å². The predicted molar refractivity (Wildman–Crippen MR) is 76.8 cm³/mol. The number of rotatable bonds is 5. The molecule has 3 N–H and O–H groups in total. The molecule has 1 unspecified atom stereocenters. The number of ether oxygens (including phenoxy) is 2. The molecule has 1 aliphatic rings. The molecule has 1 aromatic carbocycles. The Labute approximate surface area is 119 Å². The highest BCUT2D eigenvalue weighted by atomic mass is 16.7. The maximum absolute atomic E-state index is 11.8. The van der Waals surface area contributed by atoms with Gasteiger partial charge in [-0.3, -0.25) is 4.79 Å². The van der Waals surface area contributed by atoms with Crippen molar-refractivity contribution in [3.05, 3.63) is 23.8 Å². The first-order chi connectivity index (χ1) is 9.44. The molecule has 0 spiro atoms. The molecule has 1 heterocycles. The van der Waals surface area contributed by atoms with E-state index in [0.717, 1.165) is 17.1 Å². The molecule has 1 atom stereocenters. The SMILES string of the molecule is CC(CN)C(=O)NCC(C)(C)c1ccc2c(c1)OCO2. The molecule has 0 aromatic heterocycles. The van der Waals surface area contributed by atoms with Crippen LogP contribution >= 0.6 is 0 Å². The van der Waals surface area contributed by atoms with E-state index < -0.39 is 0 Å². The van der Waals surface area contributed by atoms with Crippen molar-refractivity contribution in [3.8, 4) is 11.5 Å². The molecule has 1 amide bonds. The van der Waals surface area contributed by atoms with Gasteiger partial charge in [-0.15, -0.1) is 0 Å². The molecule has 1 aromatic rings. The fourth-order valence-electron chi connectivity index (χ4n) is 2.01. The van der Waals surface area contributed by atoms with Gasteiger partial charge in [0.05, 0.1) is 0 Å². The highest BCUT2D eigenvalue weighted by molar-refractivity contribution is 5.78. The number of benzene rings is 1. The zero-order valence-corrected chi connectivity index (χ0v) is 12.2. The summed E-state index contributed by atoms with van der Waals surface area (Å²) in [4.78, 5) is 11.8. The molecule has 2 rings (SSSR count). The van der Waals surface area contributed by atoms with Gasteiger partial charge in [-0.2, -0.15) is 0 Å². The summed E-state index contributed by atoms with van der Waals surface area (Å²) >= 11 is 0. The second-order valence-electron chi connectivity index (χ2n) is 5.81. The fourth-order valence-corrected chi connectivity index (χ4v) is 2.01. The monoisotopic (exact) mass is 278 g/mol. The summed E-state index contributed by atoms with van der Waals surface area (Å²) in [6.07, 6.45) is 0. The third kappa shape index (κ3) is 3.04. The molecule has 0 saturated heterocycles. The van der Waals surface area contributed by atoms with E-state index in [-0.39, 0.29) is 24.0 Å². The second-order valence-corrected chi connectivity index (χ2v) is 5.81. The first kappa shape index (κ1) is 14.7. The van der Waals surface area contributed by atoms with Crippen LogP contribution in [0.5, 0.6) is 11.5 Å². The van der Waals surface area contributed by atoms with Gasteiger partial charge in [0.1, 0.15) is 0 Å². The number of carbonyl (C=O) groups excluding carboxylic acids is 1. The zero-order chi connectivity index (χ0) is 14.8. The van der Waals surface area contributed by atoms with Crippen molar-refractivity contribution < 1.29 is 14.3 Å². The molecular weight excluding hydrogens is 256 g/mol. The first-order valence-electron chi connectivity index (χ1n) is 6.82. The Morgan fingerprint density at radius 2 is 2.10 bits per heavy atom. The van der Waals surface area contributed by atoms with Gasteiger partial charge in [0.25, 0.3) is 0 Å². The van der Waals surface area contributed by atoms with Crippen LogP contribution in [0.2, 0.25) is 0 Å². The van der Waals surface area contributed by atoms with Crippen LogP contribution in [-0.4, -0.2) is 25.8 Å². The third-order valence-corrected chi connectivity index (χ3v) is 3.66. The molecule has 110 valence electrons. The van der Waals surface area contributed by atoms with E-state index in [9.17, 15) is 4.79 Å². The highest BCUT2D eigenvalue weighted by Gasteiger charge is 2.25. The minimum absolute atomic E-state index is 0.0127. The van der Waals surface area contributed by atoms with Crippen LogP contribution < -0.4 is 20.5 Å². The quantitative estimate of drug-likeness (QED) is 0.854. The normalized spacial score (nSPS) is 15.0. The van der Waals surface area contributed by atoms with E-state index in [0.29, 0.717) is 13.1 Å². The molecule has 0 bridgehead atoms. The average molecular weight is 278 g/mol. The maximum Gasteiger partial charge on any atom is 0.231 e. The molecule has 0 fully saturated rings. The molecule has 5 nitrogen and oxygen atoms in total. The summed E-state index contributed by atoms with van der Waals surface area (Å²) < 4.78 is 10.7. The highest BCUT2D eigenvalue weighted by Crippen LogP contribution is 2.36. The largest absolute Gasteiger partial charge is 0.454 e. The molecule has 0 aliphatic carbocycles. The lowest BCUT2D eigenvalue weighted by molar-refractivity contribution is -0.124. The Morgan fingerprint density at radius 3 is 2.80 bits per heavy atom. The Hall–Kier alpha value is -1.75. The Balaban J connectivity index is 2.04. The van der Waals surface area contributed by atoms with E-state index in [1.54, 1.807) is 0 Å². The second kappa shape index (κ2) is 5.71. The van der Waals surface area contributed by atoms with Gasteiger partial charge in [-0.1, -0.05) is 26.8 Å². The number of hydrogen-bond donors (Lipinski definition) is 2. The van der Waals surface area contributed by atoms with Gasteiger partial charge in [0, 0.05) is 24.4 Å². The number of amides is 1. The van der Waals surface area contributed by atoms with Crippen LogP contribution in [0.4, 0.5) is 0 Å². The van der Waals surface area contributed by atoms with Gasteiger partial charge in [0.2, 0.25) is 12.7 Å². The number of carbonyl (C=O) groups is 1. The van der Waals surface area contributed by atoms with Crippen LogP contribution in [-0.2, 0) is 10.2 Å². The number of fused-ring (bicyclic) bond motifs is 1. The van der Waals surface area contributed by atoms with Crippen molar-refractivity contribution in [2.45, 2.75) is 26.2 Å². The zero-order valence-electron chi connectivity index (χ0n) is 12.2. The van der Waals surface area contributed by atoms with Crippen LogP contribution in [0.15, 0.2) is 18.2 Å². The van der Waals surface area contributed by atoms with Gasteiger partial charge < -0.3 is 20.5 Å². The van der Waals surface area contributed by atoms with E-state index in [1.165, 1.54) is 0 Å². The summed E-state index contributed by atoms with van der Waals surface area (Å²) in [5, 5.41) is 2.95. The number of nitrogens with two attached hydrogens (primary N) is 1. The van der Waals surface area contributed by atoms with Crippen LogP contribution in [0.1, 0.15) is 26.3 Å². The lowest BCUT2D eigenvalue weighted by Crippen LogP contribution is -2.40. The van der Waals surface area contributed by atoms with Crippen molar-refractivity contribution in [1.29, 1.82) is 0 Å². The third-order valence-electron chi connectivity index (χ3n) is 3.66. The van der Waals surface area contributed by atoms with Crippen LogP contribution in [0.3, 0.4) is 0 Å². The van der Waals surface area contributed by atoms with Gasteiger partial charge >= 0.3 is 0 Å². The van der Waals surface area contributed by atoms with E-state index in [2.05, 4.69) is 19.2 Å². The molecule has 1 aliphatic heterocycles. The molecular formula is C15H22N2O3. The Morgan fingerprint density at radius 1 is 1.40 bits per heavy atom. The van der Waals surface area contributed by atoms with E-state index >= 15 is 0 Å². The fraction of sp³-hybridized carbons (Fsp3) is 0.533. The minimum atomic E-state index is -0.190. The lowest BCUT2D eigenvalue weighted by atomic mass is 9.84. The van der Waals surface area contributed by atoms with E-state index in [4.69, 9.17) is 15.2 Å². The van der Waals surface area contributed by atoms with Crippen molar-refractivity contribution in [3.63, 3.8) is 0 Å². The molecule has 0 saturated carbocycles. The summed E-state index contributed by atoms with van der Waals surface area (Å²) in [6.45, 7) is 7.16. The predicted octanol–water partition coefficient (Wildman–Crippen LogP) is 1.40. The topological polar surface area (TPSA) is 73.6 Å². The van der Waals surface area contributed by atoms with Crippen molar-refractivity contribution in [2.24, 2.45) is 11.7 Å². The molecule has 5 heteroatoms. The molecule has 0 radical (unpaired) electrons. The lowest BCUT2D eigenvalue weighted by Gasteiger charge is -2.26. The first-order valence-corrected chi connectivity index (χ1v) is 6.82. The van der Waals surface area contributed by atoms with Crippen molar-refractivity contribution >= 4 is 5.91 Å². The Bertz CT molecular complexity index is 500. The molecule has 20 heavy (non-hydrogen) atoms. The van der Waals surface area contributed by atoms with Crippen LogP contribution in [0, 0.1) is 5.92 Å². The number of hydrogen-bond acceptors (Lipinski definition) is 4. The van der Waals surface area contributed by atoms with Gasteiger partial charge in [0.15, 0.2) is 11.5 Å². The number of nitrogens with one attached hydrogen (secondary N) is 1. The summed E-state index contributed by atoms with van der Waals surface area (Å²) in [6, 6.07) is 5.89. The van der Waals surface area contributed by atoms with Crippen molar-refractivity contribution in [2.75, 3.05) is 19.9 Å². The summed E-state index contributed by atoms with van der Waals surface area (Å²) in [7, 11) is 0.